The van der Waals surface area contributed by atoms with Crippen LogP contribution < -0.4 is 5.32 Å². The van der Waals surface area contributed by atoms with Crippen LogP contribution in [0.3, 0.4) is 0 Å². The molecule has 118 valence electrons. The average Bonchev–Trinajstić information content (AvgIpc) is 2.89. The summed E-state index contributed by atoms with van der Waals surface area (Å²) in [6, 6.07) is 5.56. The highest BCUT2D eigenvalue weighted by Gasteiger charge is 2.09. The summed E-state index contributed by atoms with van der Waals surface area (Å²) in [7, 11) is 3.65. The first-order valence-corrected chi connectivity index (χ1v) is 7.40. The molecule has 0 fully saturated rings. The number of aromatic nitrogens is 2. The van der Waals surface area contributed by atoms with Crippen molar-refractivity contribution in [2.24, 2.45) is 4.99 Å². The third-order valence-electron chi connectivity index (χ3n) is 2.95. The molecule has 1 aromatic heterocycles. The topological polar surface area (TPSA) is 66.5 Å². The monoisotopic (exact) mass is 341 g/mol. The first kappa shape index (κ1) is 16.6. The normalized spacial score (nSPS) is 11.6. The van der Waals surface area contributed by atoms with Gasteiger partial charge in [0, 0.05) is 27.6 Å². The maximum atomic E-state index is 6.03. The molecular weight excluding hydrogens is 325 g/mol. The minimum absolute atomic E-state index is 0.440. The van der Waals surface area contributed by atoms with E-state index >= 15 is 0 Å². The number of aliphatic imine (C=N–C) groups is 1. The van der Waals surface area contributed by atoms with Crippen LogP contribution in [0, 0.1) is 6.92 Å². The van der Waals surface area contributed by atoms with Crippen LogP contribution in [-0.4, -0.2) is 35.1 Å². The SMILES string of the molecule is CN=C(NCc1noc(C)n1)N(C)Cc1ccc(Cl)c(Cl)c1. The zero-order valence-electron chi connectivity index (χ0n) is 12.6. The zero-order chi connectivity index (χ0) is 16.1. The number of guanidine groups is 1. The third kappa shape index (κ3) is 4.35. The van der Waals surface area contributed by atoms with Gasteiger partial charge >= 0.3 is 0 Å². The van der Waals surface area contributed by atoms with Gasteiger partial charge < -0.3 is 14.7 Å². The smallest absolute Gasteiger partial charge is 0.223 e. The van der Waals surface area contributed by atoms with E-state index in [1.807, 2.05) is 24.1 Å². The molecule has 8 heteroatoms. The molecule has 0 amide bonds. The summed E-state index contributed by atoms with van der Waals surface area (Å²) in [6.45, 7) is 2.83. The second-order valence-corrected chi connectivity index (χ2v) is 5.55. The summed E-state index contributed by atoms with van der Waals surface area (Å²) in [5, 5.41) is 8.09. The molecule has 0 aliphatic rings. The van der Waals surface area contributed by atoms with Crippen molar-refractivity contribution in [1.29, 1.82) is 0 Å². The molecule has 1 N–H and O–H groups in total. The van der Waals surface area contributed by atoms with E-state index in [9.17, 15) is 0 Å². The van der Waals surface area contributed by atoms with Crippen molar-refractivity contribution < 1.29 is 4.52 Å². The fourth-order valence-corrected chi connectivity index (χ4v) is 2.26. The van der Waals surface area contributed by atoms with Gasteiger partial charge in [0.15, 0.2) is 11.8 Å². The van der Waals surface area contributed by atoms with Gasteiger partial charge in [0.25, 0.3) is 0 Å². The predicted molar refractivity (Wildman–Crippen MR) is 87.2 cm³/mol. The van der Waals surface area contributed by atoms with Crippen molar-refractivity contribution in [1.82, 2.24) is 20.4 Å². The molecule has 0 atom stereocenters. The molecule has 0 radical (unpaired) electrons. The van der Waals surface area contributed by atoms with Gasteiger partial charge in [-0.3, -0.25) is 4.99 Å². The third-order valence-corrected chi connectivity index (χ3v) is 3.69. The van der Waals surface area contributed by atoms with Gasteiger partial charge in [-0.05, 0) is 17.7 Å². The minimum atomic E-state index is 0.440. The van der Waals surface area contributed by atoms with Crippen LogP contribution in [0.25, 0.3) is 0 Å². The Morgan fingerprint density at radius 3 is 2.73 bits per heavy atom. The predicted octanol–water partition coefficient (Wildman–Crippen LogP) is 2.89. The van der Waals surface area contributed by atoms with Crippen molar-refractivity contribution in [2.75, 3.05) is 14.1 Å². The highest BCUT2D eigenvalue weighted by molar-refractivity contribution is 6.42. The standard InChI is InChI=1S/C14H17Cl2N5O/c1-9-19-13(20-22-9)7-18-14(17-2)21(3)8-10-4-5-11(15)12(16)6-10/h4-6H,7-8H2,1-3H3,(H,17,18). The molecule has 0 spiro atoms. The van der Waals surface area contributed by atoms with E-state index in [4.69, 9.17) is 27.7 Å². The van der Waals surface area contributed by atoms with E-state index in [2.05, 4.69) is 20.4 Å². The Labute approximate surface area is 139 Å². The van der Waals surface area contributed by atoms with Crippen molar-refractivity contribution in [3.63, 3.8) is 0 Å². The molecule has 0 aliphatic carbocycles. The summed E-state index contributed by atoms with van der Waals surface area (Å²) in [6.07, 6.45) is 0. The van der Waals surface area contributed by atoms with Crippen LogP contribution in [0.1, 0.15) is 17.3 Å². The van der Waals surface area contributed by atoms with Gasteiger partial charge in [0.05, 0.1) is 16.6 Å². The Morgan fingerprint density at radius 1 is 1.36 bits per heavy atom. The maximum Gasteiger partial charge on any atom is 0.223 e. The van der Waals surface area contributed by atoms with Crippen LogP contribution in [0.15, 0.2) is 27.7 Å². The van der Waals surface area contributed by atoms with Crippen molar-refractivity contribution >= 4 is 29.2 Å². The lowest BCUT2D eigenvalue weighted by molar-refractivity contribution is 0.386. The molecule has 6 nitrogen and oxygen atoms in total. The molecular formula is C14H17Cl2N5O. The van der Waals surface area contributed by atoms with Gasteiger partial charge in [0.2, 0.25) is 5.89 Å². The van der Waals surface area contributed by atoms with E-state index in [-0.39, 0.29) is 0 Å². The number of aryl methyl sites for hydroxylation is 1. The number of hydrogen-bond acceptors (Lipinski definition) is 4. The largest absolute Gasteiger partial charge is 0.349 e. The maximum absolute atomic E-state index is 6.03. The van der Waals surface area contributed by atoms with Gasteiger partial charge in [-0.2, -0.15) is 4.98 Å². The minimum Gasteiger partial charge on any atom is -0.349 e. The molecule has 1 aromatic carbocycles. The number of rotatable bonds is 4. The summed E-state index contributed by atoms with van der Waals surface area (Å²) >= 11 is 12.0. The molecule has 2 aromatic rings. The molecule has 1 heterocycles. The molecule has 2 rings (SSSR count). The van der Waals surface area contributed by atoms with Crippen molar-refractivity contribution in [2.45, 2.75) is 20.0 Å². The number of benzene rings is 1. The van der Waals surface area contributed by atoms with E-state index in [0.29, 0.717) is 40.8 Å². The van der Waals surface area contributed by atoms with Gasteiger partial charge in [-0.1, -0.05) is 34.4 Å². The Hall–Kier alpha value is -1.79. The first-order chi connectivity index (χ1) is 10.5. The molecule has 0 bridgehead atoms. The summed E-state index contributed by atoms with van der Waals surface area (Å²) < 4.78 is 4.93. The Bertz CT molecular complexity index is 671. The quantitative estimate of drug-likeness (QED) is 0.684. The number of halogens is 2. The molecule has 22 heavy (non-hydrogen) atoms. The highest BCUT2D eigenvalue weighted by Crippen LogP contribution is 2.23. The van der Waals surface area contributed by atoms with E-state index in [1.54, 1.807) is 20.0 Å². The van der Waals surface area contributed by atoms with Gasteiger partial charge in [-0.25, -0.2) is 0 Å². The van der Waals surface area contributed by atoms with Crippen molar-refractivity contribution in [3.8, 4) is 0 Å². The fourth-order valence-electron chi connectivity index (χ4n) is 1.94. The van der Waals surface area contributed by atoms with Crippen LogP contribution in [0.4, 0.5) is 0 Å². The molecule has 0 saturated carbocycles. The first-order valence-electron chi connectivity index (χ1n) is 6.64. The van der Waals surface area contributed by atoms with Crippen molar-refractivity contribution in [3.05, 3.63) is 45.5 Å². The molecule has 0 saturated heterocycles. The Balaban J connectivity index is 1.96. The van der Waals surface area contributed by atoms with E-state index < -0.39 is 0 Å². The molecule has 0 unspecified atom stereocenters. The fraction of sp³-hybridized carbons (Fsp3) is 0.357. The number of nitrogens with zero attached hydrogens (tertiary/aromatic N) is 4. The Morgan fingerprint density at radius 2 is 2.14 bits per heavy atom. The van der Waals surface area contributed by atoms with E-state index in [0.717, 1.165) is 5.56 Å². The lowest BCUT2D eigenvalue weighted by Gasteiger charge is -2.21. The van der Waals surface area contributed by atoms with Crippen LogP contribution in [-0.2, 0) is 13.1 Å². The number of hydrogen-bond donors (Lipinski definition) is 1. The van der Waals surface area contributed by atoms with Gasteiger partial charge in [0.1, 0.15) is 0 Å². The lowest BCUT2D eigenvalue weighted by Crippen LogP contribution is -2.38. The lowest BCUT2D eigenvalue weighted by atomic mass is 10.2. The second-order valence-electron chi connectivity index (χ2n) is 4.73. The highest BCUT2D eigenvalue weighted by atomic mass is 35.5. The second kappa shape index (κ2) is 7.47. The summed E-state index contributed by atoms with van der Waals surface area (Å²) in [4.78, 5) is 10.3. The zero-order valence-corrected chi connectivity index (χ0v) is 14.1. The summed E-state index contributed by atoms with van der Waals surface area (Å²) in [5.41, 5.74) is 1.04. The Kier molecular flexibility index (Phi) is 5.63. The van der Waals surface area contributed by atoms with Crippen LogP contribution in [0.5, 0.6) is 0 Å². The van der Waals surface area contributed by atoms with E-state index in [1.165, 1.54) is 0 Å². The average molecular weight is 342 g/mol. The summed E-state index contributed by atoms with van der Waals surface area (Å²) in [5.74, 6) is 1.84. The van der Waals surface area contributed by atoms with Gasteiger partial charge in [-0.15, -0.1) is 0 Å². The molecule has 0 aliphatic heterocycles. The van der Waals surface area contributed by atoms with Crippen LogP contribution in [0.2, 0.25) is 10.0 Å². The van der Waals surface area contributed by atoms with Crippen LogP contribution >= 0.6 is 23.2 Å². The number of nitrogens with one attached hydrogen (secondary N) is 1.